The summed E-state index contributed by atoms with van der Waals surface area (Å²) >= 11 is 0. The van der Waals surface area contributed by atoms with E-state index in [4.69, 9.17) is 0 Å². The van der Waals surface area contributed by atoms with Crippen LogP contribution in [-0.4, -0.2) is 37.6 Å². The van der Waals surface area contributed by atoms with Gasteiger partial charge in [-0.3, -0.25) is 9.52 Å². The summed E-state index contributed by atoms with van der Waals surface area (Å²) in [7, 11) is -3.79. The summed E-state index contributed by atoms with van der Waals surface area (Å²) in [4.78, 5) is 13.8. The van der Waals surface area contributed by atoms with E-state index in [2.05, 4.69) is 25.1 Å². The van der Waals surface area contributed by atoms with E-state index >= 15 is 0 Å². The highest BCUT2D eigenvalue weighted by Gasteiger charge is 2.16. The Balaban J connectivity index is 1.48. The van der Waals surface area contributed by atoms with E-state index < -0.39 is 10.0 Å². The lowest BCUT2D eigenvalue weighted by Crippen LogP contribution is -2.19. The van der Waals surface area contributed by atoms with Crippen molar-refractivity contribution in [1.29, 1.82) is 0 Å². The molecule has 0 aliphatic carbocycles. The molecule has 0 unspecified atom stereocenters. The molecule has 1 fully saturated rings. The Morgan fingerprint density at radius 3 is 2.38 bits per heavy atom. The molecule has 1 saturated heterocycles. The lowest BCUT2D eigenvalue weighted by atomic mass is 10.1. The van der Waals surface area contributed by atoms with Gasteiger partial charge in [0.25, 0.3) is 10.0 Å². The van der Waals surface area contributed by atoms with Crippen molar-refractivity contribution in [3.8, 4) is 11.3 Å². The van der Waals surface area contributed by atoms with Crippen molar-refractivity contribution >= 4 is 33.1 Å². The van der Waals surface area contributed by atoms with Crippen LogP contribution in [0.25, 0.3) is 11.3 Å². The van der Waals surface area contributed by atoms with Crippen LogP contribution in [0.4, 0.5) is 17.2 Å². The average molecular weight is 452 g/mol. The Morgan fingerprint density at radius 2 is 1.72 bits per heavy atom. The molecule has 32 heavy (non-hydrogen) atoms. The summed E-state index contributed by atoms with van der Waals surface area (Å²) in [6.45, 7) is 3.74. The first-order chi connectivity index (χ1) is 15.4. The maximum absolute atomic E-state index is 12.8. The van der Waals surface area contributed by atoms with Crippen LogP contribution < -0.4 is 14.9 Å². The molecule has 166 valence electrons. The van der Waals surface area contributed by atoms with Crippen LogP contribution in [0, 0.1) is 0 Å². The molecular formula is C23H25N5O3S. The number of carbonyl (C=O) groups excluding carboxylic acids is 1. The zero-order valence-corrected chi connectivity index (χ0v) is 18.6. The second-order valence-electron chi connectivity index (χ2n) is 7.58. The molecule has 1 aliphatic rings. The minimum Gasteiger partial charge on any atom is -0.355 e. The number of sulfonamides is 1. The fourth-order valence-electron chi connectivity index (χ4n) is 3.52. The fourth-order valence-corrected chi connectivity index (χ4v) is 4.57. The predicted octanol–water partition coefficient (Wildman–Crippen LogP) is 3.89. The smallest absolute Gasteiger partial charge is 0.261 e. The third-order valence-corrected chi connectivity index (χ3v) is 6.66. The Morgan fingerprint density at radius 1 is 0.969 bits per heavy atom. The van der Waals surface area contributed by atoms with Gasteiger partial charge < -0.3 is 10.2 Å². The van der Waals surface area contributed by atoms with Crippen LogP contribution in [0.1, 0.15) is 26.2 Å². The predicted molar refractivity (Wildman–Crippen MR) is 125 cm³/mol. The van der Waals surface area contributed by atoms with Crippen LogP contribution in [0.3, 0.4) is 0 Å². The number of hydrogen-bond acceptors (Lipinski definition) is 6. The van der Waals surface area contributed by atoms with Crippen molar-refractivity contribution in [2.24, 2.45) is 0 Å². The molecule has 4 rings (SSSR count). The van der Waals surface area contributed by atoms with E-state index in [1.54, 1.807) is 37.3 Å². The summed E-state index contributed by atoms with van der Waals surface area (Å²) < 4.78 is 28.2. The Bertz CT molecular complexity index is 1190. The topological polar surface area (TPSA) is 104 Å². The van der Waals surface area contributed by atoms with Gasteiger partial charge in [0, 0.05) is 36.4 Å². The first-order valence-electron chi connectivity index (χ1n) is 10.6. The van der Waals surface area contributed by atoms with Crippen molar-refractivity contribution in [2.45, 2.75) is 31.1 Å². The maximum atomic E-state index is 12.8. The number of benzene rings is 2. The van der Waals surface area contributed by atoms with E-state index in [0.717, 1.165) is 24.5 Å². The van der Waals surface area contributed by atoms with Crippen molar-refractivity contribution in [3.05, 3.63) is 60.7 Å². The molecule has 2 N–H and O–H groups in total. The SMILES string of the molecule is CCC(=O)Nc1ccc(S(=O)(=O)Nc2cccc(-c3ccc(N4CCCC4)nn3)c2)cc1. The number of hydrogen-bond donors (Lipinski definition) is 2. The van der Waals surface area contributed by atoms with Crippen molar-refractivity contribution in [3.63, 3.8) is 0 Å². The fraction of sp³-hybridized carbons (Fsp3) is 0.261. The quantitative estimate of drug-likeness (QED) is 0.565. The van der Waals surface area contributed by atoms with Gasteiger partial charge in [0.1, 0.15) is 0 Å². The van der Waals surface area contributed by atoms with E-state index in [0.29, 0.717) is 23.5 Å². The highest BCUT2D eigenvalue weighted by molar-refractivity contribution is 7.92. The molecule has 1 aliphatic heterocycles. The van der Waals surface area contributed by atoms with Gasteiger partial charge in [-0.05, 0) is 61.4 Å². The van der Waals surface area contributed by atoms with E-state index in [-0.39, 0.29) is 10.8 Å². The summed E-state index contributed by atoms with van der Waals surface area (Å²) in [5.41, 5.74) is 2.42. The molecule has 0 atom stereocenters. The number of nitrogens with one attached hydrogen (secondary N) is 2. The molecule has 0 spiro atoms. The van der Waals surface area contributed by atoms with Gasteiger partial charge in [-0.1, -0.05) is 19.1 Å². The second kappa shape index (κ2) is 9.35. The molecule has 2 heterocycles. The standard InChI is InChI=1S/C23H25N5O3S/c1-2-23(29)24-18-8-10-20(11-9-18)32(30,31)27-19-7-5-6-17(16-19)21-12-13-22(26-25-21)28-14-3-4-15-28/h5-13,16,27H,2-4,14-15H2,1H3,(H,24,29). The highest BCUT2D eigenvalue weighted by atomic mass is 32.2. The molecule has 3 aromatic rings. The van der Waals surface area contributed by atoms with E-state index in [1.165, 1.54) is 25.0 Å². The first kappa shape index (κ1) is 21.8. The zero-order chi connectivity index (χ0) is 22.6. The van der Waals surface area contributed by atoms with Gasteiger partial charge in [0.2, 0.25) is 5.91 Å². The van der Waals surface area contributed by atoms with E-state index in [9.17, 15) is 13.2 Å². The van der Waals surface area contributed by atoms with Crippen molar-refractivity contribution in [2.75, 3.05) is 28.0 Å². The molecule has 9 heteroatoms. The number of carbonyl (C=O) groups is 1. The number of rotatable bonds is 7. The van der Waals surface area contributed by atoms with Gasteiger partial charge in [0.05, 0.1) is 10.6 Å². The van der Waals surface area contributed by atoms with Crippen molar-refractivity contribution in [1.82, 2.24) is 10.2 Å². The number of aromatic nitrogens is 2. The van der Waals surface area contributed by atoms with Gasteiger partial charge in [-0.25, -0.2) is 8.42 Å². The third-order valence-electron chi connectivity index (χ3n) is 5.26. The maximum Gasteiger partial charge on any atom is 0.261 e. The van der Waals surface area contributed by atoms with Gasteiger partial charge in [0.15, 0.2) is 5.82 Å². The largest absolute Gasteiger partial charge is 0.355 e. The summed E-state index contributed by atoms with van der Waals surface area (Å²) in [5.74, 6) is 0.730. The molecule has 0 radical (unpaired) electrons. The first-order valence-corrected chi connectivity index (χ1v) is 12.0. The van der Waals surface area contributed by atoms with Crippen LogP contribution in [-0.2, 0) is 14.8 Å². The van der Waals surface area contributed by atoms with Gasteiger partial charge in [-0.2, -0.15) is 0 Å². The normalized spacial score (nSPS) is 13.7. The van der Waals surface area contributed by atoms with Crippen LogP contribution in [0.5, 0.6) is 0 Å². The van der Waals surface area contributed by atoms with Crippen LogP contribution in [0.2, 0.25) is 0 Å². The highest BCUT2D eigenvalue weighted by Crippen LogP contribution is 2.25. The average Bonchev–Trinajstić information content (AvgIpc) is 3.34. The summed E-state index contributed by atoms with van der Waals surface area (Å²) in [6.07, 6.45) is 2.69. The molecule has 0 saturated carbocycles. The van der Waals surface area contributed by atoms with Gasteiger partial charge >= 0.3 is 0 Å². The van der Waals surface area contributed by atoms with E-state index in [1.807, 2.05) is 18.2 Å². The summed E-state index contributed by atoms with van der Waals surface area (Å²) in [5, 5.41) is 11.4. The minimum absolute atomic E-state index is 0.104. The Kier molecular flexibility index (Phi) is 6.36. The molecule has 1 amide bonds. The number of anilines is 3. The lowest BCUT2D eigenvalue weighted by molar-refractivity contribution is -0.115. The van der Waals surface area contributed by atoms with Gasteiger partial charge in [-0.15, -0.1) is 10.2 Å². The second-order valence-corrected chi connectivity index (χ2v) is 9.27. The Hall–Kier alpha value is -3.46. The number of nitrogens with zero attached hydrogens (tertiary/aromatic N) is 3. The number of amides is 1. The molecule has 0 bridgehead atoms. The van der Waals surface area contributed by atoms with Crippen LogP contribution in [0.15, 0.2) is 65.6 Å². The van der Waals surface area contributed by atoms with Crippen LogP contribution >= 0.6 is 0 Å². The Labute approximate surface area is 187 Å². The monoisotopic (exact) mass is 451 g/mol. The molecule has 1 aromatic heterocycles. The minimum atomic E-state index is -3.79. The zero-order valence-electron chi connectivity index (χ0n) is 17.8. The van der Waals surface area contributed by atoms with Crippen molar-refractivity contribution < 1.29 is 13.2 Å². The lowest BCUT2D eigenvalue weighted by Gasteiger charge is -2.15. The molecular weight excluding hydrogens is 426 g/mol. The molecule has 2 aromatic carbocycles. The molecule has 8 nitrogen and oxygen atoms in total. The summed E-state index contributed by atoms with van der Waals surface area (Å²) in [6, 6.07) is 16.9. The third kappa shape index (κ3) is 5.05.